The number of aromatic nitrogens is 1. The molecule has 19 heavy (non-hydrogen) atoms. The van der Waals surface area contributed by atoms with Gasteiger partial charge in [-0.1, -0.05) is 6.92 Å². The normalized spacial score (nSPS) is 19.1. The topological polar surface area (TPSA) is 88.3 Å². The summed E-state index contributed by atoms with van der Waals surface area (Å²) < 4.78 is 0. The summed E-state index contributed by atoms with van der Waals surface area (Å²) in [5, 5.41) is 2.77. The molecule has 2 amide bonds. The molecule has 0 spiro atoms. The van der Waals surface area contributed by atoms with Crippen molar-refractivity contribution in [2.24, 2.45) is 0 Å². The molecule has 1 aliphatic heterocycles. The molecule has 1 unspecified atom stereocenters. The van der Waals surface area contributed by atoms with Gasteiger partial charge in [-0.2, -0.15) is 0 Å². The summed E-state index contributed by atoms with van der Waals surface area (Å²) in [6.45, 7) is 2.96. The molecular weight excluding hydrogens is 244 g/mol. The fourth-order valence-electron chi connectivity index (χ4n) is 2.22. The first-order chi connectivity index (χ1) is 9.11. The number of nitrogens with zero attached hydrogens (tertiary/aromatic N) is 2. The van der Waals surface area contributed by atoms with Crippen LogP contribution in [0.5, 0.6) is 0 Å². The van der Waals surface area contributed by atoms with Gasteiger partial charge in [0.25, 0.3) is 0 Å². The van der Waals surface area contributed by atoms with Crippen LogP contribution in [-0.4, -0.2) is 40.8 Å². The number of carbonyl (C=O) groups is 2. The van der Waals surface area contributed by atoms with E-state index in [1.54, 1.807) is 17.0 Å². The minimum Gasteiger partial charge on any atom is -0.397 e. The Bertz CT molecular complexity index is 472. The molecule has 1 aromatic rings. The zero-order valence-corrected chi connectivity index (χ0v) is 10.9. The predicted molar refractivity (Wildman–Crippen MR) is 71.2 cm³/mol. The van der Waals surface area contributed by atoms with Gasteiger partial charge < -0.3 is 16.0 Å². The first kappa shape index (κ1) is 13.3. The Labute approximate surface area is 112 Å². The first-order valence-corrected chi connectivity index (χ1v) is 6.39. The molecule has 2 heterocycles. The number of nitrogens with one attached hydrogen (secondary N) is 1. The summed E-state index contributed by atoms with van der Waals surface area (Å²) in [4.78, 5) is 29.7. The van der Waals surface area contributed by atoms with E-state index in [0.717, 1.165) is 0 Å². The Morgan fingerprint density at radius 3 is 3.00 bits per heavy atom. The van der Waals surface area contributed by atoms with Crippen LogP contribution < -0.4 is 11.1 Å². The van der Waals surface area contributed by atoms with Gasteiger partial charge in [-0.15, -0.1) is 0 Å². The number of nitrogens with two attached hydrogens (primary N) is 1. The highest BCUT2D eigenvalue weighted by atomic mass is 16.2. The highest BCUT2D eigenvalue weighted by Crippen LogP contribution is 2.11. The van der Waals surface area contributed by atoms with Crippen molar-refractivity contribution in [3.05, 3.63) is 24.0 Å². The van der Waals surface area contributed by atoms with Crippen molar-refractivity contribution in [2.75, 3.05) is 18.8 Å². The first-order valence-electron chi connectivity index (χ1n) is 6.39. The Balaban J connectivity index is 2.06. The lowest BCUT2D eigenvalue weighted by Crippen LogP contribution is -2.57. The second kappa shape index (κ2) is 5.69. The van der Waals surface area contributed by atoms with Gasteiger partial charge in [-0.3, -0.25) is 14.6 Å². The van der Waals surface area contributed by atoms with Crippen molar-refractivity contribution in [2.45, 2.75) is 25.8 Å². The maximum absolute atomic E-state index is 12.2. The van der Waals surface area contributed by atoms with Crippen LogP contribution in [0.15, 0.2) is 18.3 Å². The highest BCUT2D eigenvalue weighted by molar-refractivity contribution is 5.89. The van der Waals surface area contributed by atoms with E-state index in [-0.39, 0.29) is 24.3 Å². The quantitative estimate of drug-likeness (QED) is 0.799. The Kier molecular flexibility index (Phi) is 3.99. The average molecular weight is 262 g/mol. The summed E-state index contributed by atoms with van der Waals surface area (Å²) in [6.07, 6.45) is 2.35. The molecule has 0 aromatic carbocycles. The monoisotopic (exact) mass is 262 g/mol. The SMILES string of the molecule is CCC1C(=O)NCCN1C(=O)Cc1ccc(N)cn1. The van der Waals surface area contributed by atoms with Crippen molar-refractivity contribution in [1.29, 1.82) is 0 Å². The van der Waals surface area contributed by atoms with Crippen molar-refractivity contribution < 1.29 is 9.59 Å². The molecule has 1 aliphatic rings. The van der Waals surface area contributed by atoms with Crippen LogP contribution >= 0.6 is 0 Å². The highest BCUT2D eigenvalue weighted by Gasteiger charge is 2.31. The number of amides is 2. The Hall–Kier alpha value is -2.11. The van der Waals surface area contributed by atoms with Crippen LogP contribution in [0.3, 0.4) is 0 Å². The lowest BCUT2D eigenvalue weighted by atomic mass is 10.1. The fourth-order valence-corrected chi connectivity index (χ4v) is 2.22. The van der Waals surface area contributed by atoms with Crippen molar-refractivity contribution in [3.63, 3.8) is 0 Å². The number of anilines is 1. The van der Waals surface area contributed by atoms with Crippen LogP contribution in [0.4, 0.5) is 5.69 Å². The van der Waals surface area contributed by atoms with E-state index in [1.807, 2.05) is 6.92 Å². The number of rotatable bonds is 3. The molecule has 0 radical (unpaired) electrons. The zero-order valence-electron chi connectivity index (χ0n) is 10.9. The van der Waals surface area contributed by atoms with Gasteiger partial charge in [-0.25, -0.2) is 0 Å². The number of piperazine rings is 1. The molecule has 1 saturated heterocycles. The molecule has 6 heteroatoms. The molecule has 2 rings (SSSR count). The van der Waals surface area contributed by atoms with E-state index in [4.69, 9.17) is 5.73 Å². The van der Waals surface area contributed by atoms with E-state index in [1.165, 1.54) is 6.20 Å². The standard InChI is InChI=1S/C13H18N4O2/c1-2-11-13(19)15-5-6-17(11)12(18)7-10-4-3-9(14)8-16-10/h3-4,8,11H,2,5-7,14H2,1H3,(H,15,19). The van der Waals surface area contributed by atoms with Crippen LogP contribution in [0.2, 0.25) is 0 Å². The maximum atomic E-state index is 12.2. The molecular formula is C13H18N4O2. The molecule has 1 atom stereocenters. The predicted octanol–water partition coefficient (Wildman–Crippen LogP) is -0.0567. The summed E-state index contributed by atoms with van der Waals surface area (Å²) in [5.41, 5.74) is 6.79. The third kappa shape index (κ3) is 3.01. The summed E-state index contributed by atoms with van der Waals surface area (Å²) >= 11 is 0. The summed E-state index contributed by atoms with van der Waals surface area (Å²) in [7, 11) is 0. The second-order valence-corrected chi connectivity index (χ2v) is 4.56. The third-order valence-corrected chi connectivity index (χ3v) is 3.22. The molecule has 0 aliphatic carbocycles. The molecule has 3 N–H and O–H groups in total. The molecule has 1 aromatic heterocycles. The van der Waals surface area contributed by atoms with Crippen LogP contribution in [0, 0.1) is 0 Å². The number of hydrogen-bond acceptors (Lipinski definition) is 4. The minimum atomic E-state index is -0.366. The number of carbonyl (C=O) groups excluding carboxylic acids is 2. The molecule has 1 fully saturated rings. The van der Waals surface area contributed by atoms with Crippen molar-refractivity contribution in [1.82, 2.24) is 15.2 Å². The van der Waals surface area contributed by atoms with E-state index in [0.29, 0.717) is 30.9 Å². The lowest BCUT2D eigenvalue weighted by molar-refractivity contribution is -0.142. The second-order valence-electron chi connectivity index (χ2n) is 4.56. The van der Waals surface area contributed by atoms with Gasteiger partial charge in [-0.05, 0) is 18.6 Å². The van der Waals surface area contributed by atoms with E-state index >= 15 is 0 Å². The Morgan fingerprint density at radius 2 is 2.37 bits per heavy atom. The fraction of sp³-hybridized carbons (Fsp3) is 0.462. The van der Waals surface area contributed by atoms with Gasteiger partial charge in [0.05, 0.1) is 18.3 Å². The van der Waals surface area contributed by atoms with Crippen LogP contribution in [-0.2, 0) is 16.0 Å². The van der Waals surface area contributed by atoms with Crippen LogP contribution in [0.25, 0.3) is 0 Å². The largest absolute Gasteiger partial charge is 0.397 e. The van der Waals surface area contributed by atoms with E-state index in [2.05, 4.69) is 10.3 Å². The molecule has 0 saturated carbocycles. The van der Waals surface area contributed by atoms with Gasteiger partial charge in [0.2, 0.25) is 11.8 Å². The van der Waals surface area contributed by atoms with Crippen LogP contribution in [0.1, 0.15) is 19.0 Å². The van der Waals surface area contributed by atoms with Gasteiger partial charge in [0, 0.05) is 18.8 Å². The number of pyridine rings is 1. The lowest BCUT2D eigenvalue weighted by Gasteiger charge is -2.34. The summed E-state index contributed by atoms with van der Waals surface area (Å²) in [6, 6.07) is 3.09. The minimum absolute atomic E-state index is 0.0704. The molecule has 102 valence electrons. The third-order valence-electron chi connectivity index (χ3n) is 3.22. The number of hydrogen-bond donors (Lipinski definition) is 2. The number of nitrogen functional groups attached to an aromatic ring is 1. The molecule has 6 nitrogen and oxygen atoms in total. The van der Waals surface area contributed by atoms with Gasteiger partial charge in [0.1, 0.15) is 6.04 Å². The van der Waals surface area contributed by atoms with E-state index in [9.17, 15) is 9.59 Å². The van der Waals surface area contributed by atoms with Crippen molar-refractivity contribution >= 4 is 17.5 Å². The molecule has 0 bridgehead atoms. The van der Waals surface area contributed by atoms with Crippen molar-refractivity contribution in [3.8, 4) is 0 Å². The van der Waals surface area contributed by atoms with Gasteiger partial charge >= 0.3 is 0 Å². The Morgan fingerprint density at radius 1 is 1.58 bits per heavy atom. The maximum Gasteiger partial charge on any atom is 0.242 e. The van der Waals surface area contributed by atoms with Gasteiger partial charge in [0.15, 0.2) is 0 Å². The average Bonchev–Trinajstić information content (AvgIpc) is 2.41. The van der Waals surface area contributed by atoms with E-state index < -0.39 is 0 Å². The zero-order chi connectivity index (χ0) is 13.8. The summed E-state index contributed by atoms with van der Waals surface area (Å²) in [5.74, 6) is -0.147. The smallest absolute Gasteiger partial charge is 0.242 e.